The lowest BCUT2D eigenvalue weighted by atomic mass is 10.1. The van der Waals surface area contributed by atoms with Crippen molar-refractivity contribution < 1.29 is 0 Å². The molecule has 0 aliphatic carbocycles. The van der Waals surface area contributed by atoms with Crippen molar-refractivity contribution in [2.45, 2.75) is 13.8 Å². The summed E-state index contributed by atoms with van der Waals surface area (Å²) >= 11 is 0. The highest BCUT2D eigenvalue weighted by Crippen LogP contribution is 2.19. The van der Waals surface area contributed by atoms with Crippen LogP contribution in [0.2, 0.25) is 0 Å². The van der Waals surface area contributed by atoms with Crippen molar-refractivity contribution in [3.05, 3.63) is 65.9 Å². The van der Waals surface area contributed by atoms with E-state index in [1.807, 2.05) is 48.3 Å². The first-order chi connectivity index (χ1) is 11.6. The predicted molar refractivity (Wildman–Crippen MR) is 102 cm³/mol. The van der Waals surface area contributed by atoms with Crippen LogP contribution in [-0.4, -0.2) is 29.6 Å². The predicted octanol–water partition coefficient (Wildman–Crippen LogP) is 4.80. The maximum absolute atomic E-state index is 4.50. The van der Waals surface area contributed by atoms with E-state index in [4.69, 9.17) is 0 Å². The van der Waals surface area contributed by atoms with E-state index in [-0.39, 0.29) is 0 Å². The van der Waals surface area contributed by atoms with Crippen molar-refractivity contribution in [1.82, 2.24) is 9.88 Å². The van der Waals surface area contributed by atoms with Gasteiger partial charge in [-0.2, -0.15) is 0 Å². The number of aromatic nitrogens is 1. The number of para-hydroxylation sites is 1. The van der Waals surface area contributed by atoms with Gasteiger partial charge in [0.25, 0.3) is 0 Å². The molecule has 0 aliphatic heterocycles. The average molecular weight is 316 g/mol. The Labute approximate surface area is 142 Å². The molecule has 4 nitrogen and oxygen atoms in total. The Balaban J connectivity index is 1.71. The molecule has 0 saturated heterocycles. The fourth-order valence-electron chi connectivity index (χ4n) is 2.42. The lowest BCUT2D eigenvalue weighted by molar-refractivity contribution is 0.802. The third kappa shape index (κ3) is 3.84. The maximum Gasteiger partial charge on any atom is 0.0961 e. The number of benzene rings is 2. The van der Waals surface area contributed by atoms with Gasteiger partial charge in [0.2, 0.25) is 0 Å². The number of rotatable bonds is 4. The van der Waals surface area contributed by atoms with Crippen LogP contribution in [0.25, 0.3) is 10.9 Å². The summed E-state index contributed by atoms with van der Waals surface area (Å²) in [5.41, 5.74) is 5.16. The van der Waals surface area contributed by atoms with E-state index < -0.39 is 0 Å². The molecular weight excluding hydrogens is 296 g/mol. The smallest absolute Gasteiger partial charge is 0.0961 e. The molecule has 3 rings (SSSR count). The second kappa shape index (κ2) is 7.04. The second-order valence-electron chi connectivity index (χ2n) is 5.83. The first-order valence-corrected chi connectivity index (χ1v) is 7.84. The summed E-state index contributed by atoms with van der Waals surface area (Å²) in [6.07, 6.45) is 5.27. The number of aryl methyl sites for hydroxylation is 2. The number of pyridine rings is 1. The molecule has 0 atom stereocenters. The van der Waals surface area contributed by atoms with Gasteiger partial charge in [-0.25, -0.2) is 9.98 Å². The average Bonchev–Trinajstić information content (AvgIpc) is 2.59. The Morgan fingerprint density at radius 2 is 1.75 bits per heavy atom. The summed E-state index contributed by atoms with van der Waals surface area (Å²) in [6, 6.07) is 16.2. The quantitative estimate of drug-likeness (QED) is 0.512. The van der Waals surface area contributed by atoms with E-state index in [1.54, 1.807) is 18.9 Å². The summed E-state index contributed by atoms with van der Waals surface area (Å²) in [7, 11) is 1.91. The van der Waals surface area contributed by atoms with Crippen LogP contribution >= 0.6 is 0 Å². The van der Waals surface area contributed by atoms with Crippen molar-refractivity contribution in [2.24, 2.45) is 9.98 Å². The van der Waals surface area contributed by atoms with Crippen LogP contribution in [0.4, 0.5) is 11.4 Å². The van der Waals surface area contributed by atoms with Gasteiger partial charge >= 0.3 is 0 Å². The third-order valence-electron chi connectivity index (χ3n) is 3.70. The molecule has 1 heterocycles. The zero-order valence-electron chi connectivity index (χ0n) is 14.1. The maximum atomic E-state index is 4.50. The minimum atomic E-state index is 0.820. The first-order valence-electron chi connectivity index (χ1n) is 7.84. The molecule has 0 unspecified atom stereocenters. The normalized spacial score (nSPS) is 11.6. The Bertz CT molecular complexity index is 912. The summed E-state index contributed by atoms with van der Waals surface area (Å²) in [4.78, 5) is 15.2. The van der Waals surface area contributed by atoms with Crippen LogP contribution in [0.15, 0.2) is 64.7 Å². The molecule has 3 aromatic rings. The SMILES string of the molecule is Cc1ccc(/N=C/N(C)/C=N/c2cnc3ccccc3c2)c(C)c1. The van der Waals surface area contributed by atoms with Crippen LogP contribution in [0.3, 0.4) is 0 Å². The summed E-state index contributed by atoms with van der Waals surface area (Å²) in [5.74, 6) is 0. The molecule has 0 amide bonds. The highest BCUT2D eigenvalue weighted by Gasteiger charge is 1.97. The Kier molecular flexibility index (Phi) is 4.66. The molecule has 0 aliphatic rings. The van der Waals surface area contributed by atoms with E-state index >= 15 is 0 Å². The lowest BCUT2D eigenvalue weighted by Crippen LogP contribution is -2.12. The van der Waals surface area contributed by atoms with Crippen LogP contribution < -0.4 is 0 Å². The van der Waals surface area contributed by atoms with E-state index in [0.29, 0.717) is 0 Å². The number of aliphatic imine (C=N–C) groups is 2. The van der Waals surface area contributed by atoms with Gasteiger partial charge in [-0.05, 0) is 37.6 Å². The Morgan fingerprint density at radius 1 is 0.958 bits per heavy atom. The van der Waals surface area contributed by atoms with Crippen LogP contribution in [0.1, 0.15) is 11.1 Å². The van der Waals surface area contributed by atoms with E-state index in [0.717, 1.165) is 27.8 Å². The van der Waals surface area contributed by atoms with Crippen molar-refractivity contribution >= 4 is 35.0 Å². The highest BCUT2D eigenvalue weighted by molar-refractivity contribution is 5.83. The minimum absolute atomic E-state index is 0.820. The highest BCUT2D eigenvalue weighted by atomic mass is 15.1. The molecule has 0 radical (unpaired) electrons. The molecule has 0 fully saturated rings. The fraction of sp³-hybridized carbons (Fsp3) is 0.150. The molecule has 120 valence electrons. The van der Waals surface area contributed by atoms with Crippen LogP contribution in [0, 0.1) is 13.8 Å². The monoisotopic (exact) mass is 316 g/mol. The summed E-state index contributed by atoms with van der Waals surface area (Å²) in [5, 5.41) is 1.08. The van der Waals surface area contributed by atoms with Crippen molar-refractivity contribution in [3.63, 3.8) is 0 Å². The summed E-state index contributed by atoms with van der Waals surface area (Å²) in [6.45, 7) is 4.14. The Hall–Kier alpha value is -3.01. The molecule has 0 N–H and O–H groups in total. The molecule has 2 aromatic carbocycles. The van der Waals surface area contributed by atoms with Gasteiger partial charge in [0, 0.05) is 12.4 Å². The van der Waals surface area contributed by atoms with Gasteiger partial charge in [0.15, 0.2) is 0 Å². The van der Waals surface area contributed by atoms with Crippen molar-refractivity contribution in [2.75, 3.05) is 7.05 Å². The molecule has 4 heteroatoms. The lowest BCUT2D eigenvalue weighted by Gasteiger charge is -2.06. The van der Waals surface area contributed by atoms with Crippen molar-refractivity contribution in [3.8, 4) is 0 Å². The number of hydrogen-bond acceptors (Lipinski definition) is 3. The molecule has 24 heavy (non-hydrogen) atoms. The zero-order chi connectivity index (χ0) is 16.9. The Morgan fingerprint density at radius 3 is 2.58 bits per heavy atom. The van der Waals surface area contributed by atoms with Crippen LogP contribution in [-0.2, 0) is 0 Å². The zero-order valence-corrected chi connectivity index (χ0v) is 14.1. The minimum Gasteiger partial charge on any atom is -0.326 e. The molecule has 0 saturated carbocycles. The van der Waals surface area contributed by atoms with Gasteiger partial charge in [0.1, 0.15) is 0 Å². The molecule has 0 spiro atoms. The van der Waals surface area contributed by atoms with Crippen molar-refractivity contribution in [1.29, 1.82) is 0 Å². The van der Waals surface area contributed by atoms with Gasteiger partial charge in [-0.3, -0.25) is 4.98 Å². The summed E-state index contributed by atoms with van der Waals surface area (Å²) < 4.78 is 0. The van der Waals surface area contributed by atoms with Gasteiger partial charge in [-0.1, -0.05) is 35.9 Å². The number of hydrogen-bond donors (Lipinski definition) is 0. The first kappa shape index (κ1) is 15.9. The molecule has 0 bridgehead atoms. The number of fused-ring (bicyclic) bond motifs is 1. The van der Waals surface area contributed by atoms with Gasteiger partial charge in [-0.15, -0.1) is 0 Å². The molecule has 1 aromatic heterocycles. The molecular formula is C20H20N4. The third-order valence-corrected chi connectivity index (χ3v) is 3.70. The number of nitrogens with zero attached hydrogens (tertiary/aromatic N) is 4. The fourth-order valence-corrected chi connectivity index (χ4v) is 2.42. The standard InChI is InChI=1S/C20H20N4/c1-15-8-9-19(16(2)10-15)23-14-24(3)13-22-18-11-17-6-4-5-7-20(17)21-12-18/h4-14H,1-3H3/b22-13+,23-14+. The van der Waals surface area contributed by atoms with Gasteiger partial charge < -0.3 is 4.90 Å². The van der Waals surface area contributed by atoms with Gasteiger partial charge in [0.05, 0.1) is 35.8 Å². The van der Waals surface area contributed by atoms with Crippen LogP contribution in [0.5, 0.6) is 0 Å². The van der Waals surface area contributed by atoms with E-state index in [2.05, 4.69) is 40.9 Å². The van der Waals surface area contributed by atoms with E-state index in [1.165, 1.54) is 5.56 Å². The van der Waals surface area contributed by atoms with E-state index in [9.17, 15) is 0 Å². The second-order valence-corrected chi connectivity index (χ2v) is 5.83. The topological polar surface area (TPSA) is 40.9 Å². The largest absolute Gasteiger partial charge is 0.326 e.